The number of carbonyl (C=O) groups is 2. The van der Waals surface area contributed by atoms with Gasteiger partial charge in [0.1, 0.15) is 11.7 Å². The van der Waals surface area contributed by atoms with Crippen LogP contribution in [0.5, 0.6) is 0 Å². The predicted octanol–water partition coefficient (Wildman–Crippen LogP) is 3.41. The highest BCUT2D eigenvalue weighted by atomic mass is 19.4. The Bertz CT molecular complexity index is 1330. The number of methoxy groups -OCH3 is 1. The number of ether oxygens (including phenoxy) is 1. The zero-order valence-electron chi connectivity index (χ0n) is 19.8. The fourth-order valence-electron chi connectivity index (χ4n) is 4.67. The summed E-state index contributed by atoms with van der Waals surface area (Å²) in [6, 6.07) is 12.3. The van der Waals surface area contributed by atoms with Crippen LogP contribution in [-0.4, -0.2) is 64.2 Å². The third kappa shape index (κ3) is 5.07. The van der Waals surface area contributed by atoms with Gasteiger partial charge >= 0.3 is 12.1 Å². The Balaban J connectivity index is 1.81. The van der Waals surface area contributed by atoms with Crippen LogP contribution in [0, 0.1) is 16.0 Å². The lowest BCUT2D eigenvalue weighted by molar-refractivity contribution is -0.384. The molecule has 9 nitrogen and oxygen atoms in total. The van der Waals surface area contributed by atoms with Crippen LogP contribution in [-0.2, 0) is 26.5 Å². The number of aromatic nitrogens is 1. The summed E-state index contributed by atoms with van der Waals surface area (Å²) in [4.78, 5) is 36.1. The van der Waals surface area contributed by atoms with Gasteiger partial charge in [-0.25, -0.2) is 0 Å². The second-order valence-electron chi connectivity index (χ2n) is 9.00. The molecular weight excluding hydrogens is 495 g/mol. The minimum Gasteiger partial charge on any atom is -0.468 e. The van der Waals surface area contributed by atoms with Crippen molar-refractivity contribution in [3.8, 4) is 0 Å². The van der Waals surface area contributed by atoms with Crippen molar-refractivity contribution in [2.24, 2.45) is 5.92 Å². The molecule has 1 aliphatic rings. The number of non-ortho nitro benzene ring substituents is 1. The van der Waals surface area contributed by atoms with E-state index >= 15 is 0 Å². The largest absolute Gasteiger partial charge is 0.468 e. The second-order valence-corrected chi connectivity index (χ2v) is 9.00. The number of nitro benzene ring substituents is 1. The van der Waals surface area contributed by atoms with E-state index in [1.54, 1.807) is 30.3 Å². The SMILES string of the molecule is COC(=O)C1CN(CC(O)(c2cn(Cc3ccccc3)c3cc([N+](=O)[O-])ccc23)C(F)(F)F)CCC1=O. The Morgan fingerprint density at radius 1 is 1.22 bits per heavy atom. The number of rotatable bonds is 7. The average Bonchev–Trinajstić information content (AvgIpc) is 3.22. The highest BCUT2D eigenvalue weighted by Gasteiger charge is 2.57. The number of ketones is 1. The fourth-order valence-corrected chi connectivity index (χ4v) is 4.67. The van der Waals surface area contributed by atoms with Gasteiger partial charge in [-0.15, -0.1) is 0 Å². The second kappa shape index (κ2) is 9.94. The molecule has 3 aromatic rings. The fraction of sp³-hybridized carbons (Fsp3) is 0.360. The maximum absolute atomic E-state index is 14.6. The number of halogens is 3. The van der Waals surface area contributed by atoms with E-state index in [1.165, 1.54) is 21.6 Å². The molecule has 1 N–H and O–H groups in total. The number of esters is 1. The molecular formula is C25H24F3N3O6. The van der Waals surface area contributed by atoms with Gasteiger partial charge in [0.05, 0.1) is 17.5 Å². The van der Waals surface area contributed by atoms with Crippen LogP contribution < -0.4 is 0 Å². The normalized spacial score (nSPS) is 18.5. The van der Waals surface area contributed by atoms with Gasteiger partial charge in [-0.3, -0.25) is 24.6 Å². The molecule has 0 spiro atoms. The van der Waals surface area contributed by atoms with Gasteiger partial charge in [0.2, 0.25) is 5.60 Å². The molecule has 12 heteroatoms. The van der Waals surface area contributed by atoms with E-state index in [2.05, 4.69) is 4.74 Å². The molecule has 2 heterocycles. The molecule has 0 amide bonds. The lowest BCUT2D eigenvalue weighted by Crippen LogP contribution is -2.55. The smallest absolute Gasteiger partial charge is 0.422 e. The van der Waals surface area contributed by atoms with Crippen LogP contribution in [0.15, 0.2) is 54.7 Å². The first-order valence-electron chi connectivity index (χ1n) is 11.4. The van der Waals surface area contributed by atoms with E-state index in [0.29, 0.717) is 0 Å². The summed E-state index contributed by atoms with van der Waals surface area (Å²) in [7, 11) is 1.08. The first-order valence-corrected chi connectivity index (χ1v) is 11.4. The Morgan fingerprint density at radius 3 is 2.54 bits per heavy atom. The molecule has 0 aliphatic carbocycles. The Morgan fingerprint density at radius 2 is 1.92 bits per heavy atom. The number of Topliss-reactive ketones (excluding diaryl/α,β-unsaturated/α-hetero) is 1. The monoisotopic (exact) mass is 519 g/mol. The molecule has 0 saturated carbocycles. The van der Waals surface area contributed by atoms with Crippen molar-refractivity contribution in [3.05, 3.63) is 76.0 Å². The van der Waals surface area contributed by atoms with E-state index in [1.807, 2.05) is 0 Å². The zero-order valence-corrected chi connectivity index (χ0v) is 19.8. The number of benzene rings is 2. The average molecular weight is 519 g/mol. The molecule has 2 unspecified atom stereocenters. The van der Waals surface area contributed by atoms with Crippen molar-refractivity contribution < 1.29 is 37.5 Å². The summed E-state index contributed by atoms with van der Waals surface area (Å²) in [5, 5.41) is 22.6. The number of aliphatic hydroxyl groups is 1. The lowest BCUT2D eigenvalue weighted by Gasteiger charge is -2.38. The molecule has 0 radical (unpaired) electrons. The zero-order chi connectivity index (χ0) is 27.0. The molecule has 37 heavy (non-hydrogen) atoms. The highest BCUT2D eigenvalue weighted by Crippen LogP contribution is 2.44. The number of hydrogen-bond donors (Lipinski definition) is 1. The van der Waals surface area contributed by atoms with E-state index in [-0.39, 0.29) is 42.6 Å². The van der Waals surface area contributed by atoms with Crippen LogP contribution in [0.4, 0.5) is 18.9 Å². The van der Waals surface area contributed by atoms with Crippen LogP contribution >= 0.6 is 0 Å². The quantitative estimate of drug-likeness (QED) is 0.220. The van der Waals surface area contributed by atoms with E-state index < -0.39 is 46.5 Å². The molecule has 0 bridgehead atoms. The number of fused-ring (bicyclic) bond motifs is 1. The highest BCUT2D eigenvalue weighted by molar-refractivity contribution is 5.99. The molecule has 4 rings (SSSR count). The van der Waals surface area contributed by atoms with Crippen LogP contribution in [0.3, 0.4) is 0 Å². The maximum atomic E-state index is 14.6. The van der Waals surface area contributed by atoms with Gasteiger partial charge in [-0.1, -0.05) is 30.3 Å². The van der Waals surface area contributed by atoms with Crippen LogP contribution in [0.25, 0.3) is 10.9 Å². The summed E-state index contributed by atoms with van der Waals surface area (Å²) >= 11 is 0. The van der Waals surface area contributed by atoms with Crippen molar-refractivity contribution in [2.45, 2.75) is 24.7 Å². The van der Waals surface area contributed by atoms with Gasteiger partial charge in [-0.05, 0) is 11.6 Å². The summed E-state index contributed by atoms with van der Waals surface area (Å²) in [5.41, 5.74) is -3.30. The van der Waals surface area contributed by atoms with Crippen molar-refractivity contribution in [2.75, 3.05) is 26.7 Å². The molecule has 1 aliphatic heterocycles. The summed E-state index contributed by atoms with van der Waals surface area (Å²) in [6.07, 6.45) is -4.17. The van der Waals surface area contributed by atoms with Gasteiger partial charge in [0.25, 0.3) is 5.69 Å². The molecule has 2 atom stereocenters. The number of alkyl halides is 3. The van der Waals surface area contributed by atoms with E-state index in [0.717, 1.165) is 24.9 Å². The summed E-state index contributed by atoms with van der Waals surface area (Å²) in [5.74, 6) is -2.54. The molecule has 1 fully saturated rings. The van der Waals surface area contributed by atoms with E-state index in [4.69, 9.17) is 0 Å². The lowest BCUT2D eigenvalue weighted by atomic mass is 9.89. The standard InChI is InChI=1S/C25H24F3N3O6/c1-37-23(33)19-13-29(10-9-22(19)32)15-24(34,25(26,27)28)20-14-30(12-16-5-3-2-4-6-16)21-11-17(31(35)36)7-8-18(20)21/h2-8,11,14,19,34H,9-10,12-13,15H2,1H3. The Hall–Kier alpha value is -3.77. The molecule has 196 valence electrons. The topological polar surface area (TPSA) is 115 Å². The van der Waals surface area contributed by atoms with Crippen molar-refractivity contribution in [3.63, 3.8) is 0 Å². The first-order chi connectivity index (χ1) is 17.4. The van der Waals surface area contributed by atoms with Crippen molar-refractivity contribution >= 4 is 28.3 Å². The maximum Gasteiger partial charge on any atom is 0.422 e. The molecule has 1 saturated heterocycles. The number of β-amino-alcohol motifs (C(OH)–C–C–N with tert-alkyl or cyclic N) is 1. The minimum absolute atomic E-state index is 0.000963. The number of carbonyl (C=O) groups excluding carboxylic acids is 2. The van der Waals surface area contributed by atoms with Gasteiger partial charge < -0.3 is 14.4 Å². The van der Waals surface area contributed by atoms with Crippen LogP contribution in [0.2, 0.25) is 0 Å². The third-order valence-electron chi connectivity index (χ3n) is 6.63. The van der Waals surface area contributed by atoms with Crippen molar-refractivity contribution in [1.29, 1.82) is 0 Å². The number of nitrogens with zero attached hydrogens (tertiary/aromatic N) is 3. The molecule has 2 aromatic carbocycles. The van der Waals surface area contributed by atoms with Gasteiger partial charge in [0, 0.05) is 61.9 Å². The van der Waals surface area contributed by atoms with Crippen LogP contribution in [0.1, 0.15) is 17.5 Å². The summed E-state index contributed by atoms with van der Waals surface area (Å²) < 4.78 is 49.7. The number of likely N-dealkylation sites (tertiary alicyclic amines) is 1. The Labute approximate surface area is 209 Å². The number of piperidine rings is 1. The molecule has 1 aromatic heterocycles. The predicted molar refractivity (Wildman–Crippen MR) is 126 cm³/mol. The number of nitro groups is 1. The number of hydrogen-bond acceptors (Lipinski definition) is 7. The van der Waals surface area contributed by atoms with Gasteiger partial charge in [-0.2, -0.15) is 13.2 Å². The Kier molecular flexibility index (Phi) is 7.07. The first kappa shape index (κ1) is 26.3. The van der Waals surface area contributed by atoms with Gasteiger partial charge in [0.15, 0.2) is 0 Å². The van der Waals surface area contributed by atoms with E-state index in [9.17, 15) is 38.0 Å². The summed E-state index contributed by atoms with van der Waals surface area (Å²) in [6.45, 7) is -1.26. The van der Waals surface area contributed by atoms with Crippen molar-refractivity contribution in [1.82, 2.24) is 9.47 Å². The third-order valence-corrected chi connectivity index (χ3v) is 6.63. The minimum atomic E-state index is -5.15.